The van der Waals surface area contributed by atoms with Crippen molar-refractivity contribution in [2.75, 3.05) is 24.6 Å². The van der Waals surface area contributed by atoms with Crippen LogP contribution in [0.25, 0.3) is 11.0 Å². The van der Waals surface area contributed by atoms with Gasteiger partial charge in [0.1, 0.15) is 5.58 Å². The number of hydrogen-bond donors (Lipinski definition) is 0. The first-order valence-electron chi connectivity index (χ1n) is 11.4. The maximum absolute atomic E-state index is 14.2. The number of nitrogens with zero attached hydrogens (tertiary/aromatic N) is 2. The summed E-state index contributed by atoms with van der Waals surface area (Å²) in [6.07, 6.45) is 2.19. The molecular formula is C27H26N2O5. The van der Waals surface area contributed by atoms with Crippen molar-refractivity contribution >= 4 is 28.5 Å². The van der Waals surface area contributed by atoms with Gasteiger partial charge < -0.3 is 19.0 Å². The van der Waals surface area contributed by atoms with Crippen molar-refractivity contribution in [3.05, 3.63) is 88.3 Å². The zero-order chi connectivity index (χ0) is 24.0. The van der Waals surface area contributed by atoms with Gasteiger partial charge in [0.05, 0.1) is 22.7 Å². The van der Waals surface area contributed by atoms with Gasteiger partial charge in [-0.15, -0.1) is 6.58 Å². The zero-order valence-electron chi connectivity index (χ0n) is 19.2. The van der Waals surface area contributed by atoms with Crippen LogP contribution in [-0.4, -0.2) is 42.5 Å². The van der Waals surface area contributed by atoms with Crippen LogP contribution in [0.4, 0.5) is 5.69 Å². The van der Waals surface area contributed by atoms with E-state index in [9.17, 15) is 14.4 Å². The molecule has 0 unspecified atom stereocenters. The summed E-state index contributed by atoms with van der Waals surface area (Å²) in [5.74, 6) is -0.892. The second kappa shape index (κ2) is 8.25. The van der Waals surface area contributed by atoms with Crippen LogP contribution in [-0.2, 0) is 15.1 Å². The molecular weight excluding hydrogens is 432 g/mol. The van der Waals surface area contributed by atoms with Gasteiger partial charge in [-0.25, -0.2) is 0 Å². The Balaban J connectivity index is 1.77. The smallest absolute Gasteiger partial charge is 0.291 e. The first-order chi connectivity index (χ1) is 16.4. The van der Waals surface area contributed by atoms with E-state index in [2.05, 4.69) is 6.58 Å². The van der Waals surface area contributed by atoms with Crippen molar-refractivity contribution in [1.82, 2.24) is 4.90 Å². The molecule has 34 heavy (non-hydrogen) atoms. The monoisotopic (exact) mass is 458 g/mol. The van der Waals surface area contributed by atoms with Gasteiger partial charge in [-0.1, -0.05) is 36.4 Å². The molecule has 2 aliphatic heterocycles. The third-order valence-electron chi connectivity index (χ3n) is 6.43. The fourth-order valence-corrected chi connectivity index (χ4v) is 5.09. The Morgan fingerprint density at radius 2 is 1.82 bits per heavy atom. The fraction of sp³-hybridized carbons (Fsp3) is 0.296. The first-order valence-corrected chi connectivity index (χ1v) is 11.4. The Hall–Kier alpha value is -3.71. The number of fused-ring (bicyclic) bond motifs is 5. The second-order valence-electron chi connectivity index (χ2n) is 8.79. The number of ether oxygens (including phenoxy) is 1. The molecule has 2 amide bonds. The summed E-state index contributed by atoms with van der Waals surface area (Å²) < 4.78 is 11.7. The van der Waals surface area contributed by atoms with Crippen molar-refractivity contribution in [2.45, 2.75) is 31.9 Å². The van der Waals surface area contributed by atoms with Crippen LogP contribution in [0, 0.1) is 0 Å². The minimum atomic E-state index is -1.59. The average Bonchev–Trinajstić information content (AvgIpc) is 3.22. The highest BCUT2D eigenvalue weighted by atomic mass is 16.5. The van der Waals surface area contributed by atoms with Gasteiger partial charge in [0, 0.05) is 25.3 Å². The lowest BCUT2D eigenvalue weighted by atomic mass is 9.84. The van der Waals surface area contributed by atoms with Crippen LogP contribution in [0.15, 0.2) is 70.4 Å². The van der Waals surface area contributed by atoms with E-state index in [1.807, 2.05) is 38.1 Å². The molecule has 0 radical (unpaired) electrons. The number of rotatable bonds is 7. The summed E-state index contributed by atoms with van der Waals surface area (Å²) in [5, 5.41) is 0.339. The molecule has 3 heterocycles. The number of carbonyl (C=O) groups is 2. The molecule has 7 heteroatoms. The third kappa shape index (κ3) is 2.97. The topological polar surface area (TPSA) is 80.1 Å². The minimum absolute atomic E-state index is 0.0471. The minimum Gasteiger partial charge on any atom is -0.450 e. The summed E-state index contributed by atoms with van der Waals surface area (Å²) in [6.45, 7) is 8.58. The molecule has 5 rings (SSSR count). The van der Waals surface area contributed by atoms with Gasteiger partial charge in [-0.3, -0.25) is 14.4 Å². The first kappa shape index (κ1) is 22.1. The molecule has 0 N–H and O–H groups in total. The Morgan fingerprint density at radius 1 is 1.09 bits per heavy atom. The van der Waals surface area contributed by atoms with Crippen molar-refractivity contribution in [2.24, 2.45) is 0 Å². The number of amides is 2. The Bertz CT molecular complexity index is 1370. The molecule has 174 valence electrons. The Labute approximate surface area is 197 Å². The van der Waals surface area contributed by atoms with Gasteiger partial charge in [0.25, 0.3) is 11.8 Å². The van der Waals surface area contributed by atoms with Crippen molar-refractivity contribution in [1.29, 1.82) is 0 Å². The van der Waals surface area contributed by atoms with Gasteiger partial charge in [0.15, 0.2) is 11.0 Å². The van der Waals surface area contributed by atoms with Gasteiger partial charge in [-0.2, -0.15) is 0 Å². The van der Waals surface area contributed by atoms with Crippen LogP contribution in [0.1, 0.15) is 41.9 Å². The molecule has 2 aliphatic rings. The van der Waals surface area contributed by atoms with E-state index in [1.165, 1.54) is 4.90 Å². The number of hydrogen-bond acceptors (Lipinski definition) is 5. The molecule has 3 aromatic rings. The van der Waals surface area contributed by atoms with E-state index in [0.29, 0.717) is 35.2 Å². The van der Waals surface area contributed by atoms with E-state index in [0.717, 1.165) is 0 Å². The number of carbonyl (C=O) groups excluding carboxylic acids is 2. The van der Waals surface area contributed by atoms with Crippen LogP contribution in [0.5, 0.6) is 0 Å². The molecule has 1 aromatic heterocycles. The lowest BCUT2D eigenvalue weighted by molar-refractivity contribution is -0.126. The Morgan fingerprint density at radius 3 is 2.59 bits per heavy atom. The van der Waals surface area contributed by atoms with Crippen molar-refractivity contribution < 1.29 is 18.7 Å². The second-order valence-corrected chi connectivity index (χ2v) is 8.79. The van der Waals surface area contributed by atoms with E-state index >= 15 is 0 Å². The maximum atomic E-state index is 14.2. The largest absolute Gasteiger partial charge is 0.450 e. The molecule has 1 atom stereocenters. The molecule has 1 spiro atoms. The number of para-hydroxylation sites is 2. The van der Waals surface area contributed by atoms with E-state index < -0.39 is 11.4 Å². The summed E-state index contributed by atoms with van der Waals surface area (Å²) >= 11 is 0. The highest BCUT2D eigenvalue weighted by molar-refractivity contribution is 6.17. The number of anilines is 1. The number of benzene rings is 2. The van der Waals surface area contributed by atoms with Gasteiger partial charge >= 0.3 is 0 Å². The van der Waals surface area contributed by atoms with Crippen molar-refractivity contribution in [3.8, 4) is 0 Å². The molecule has 0 saturated heterocycles. The van der Waals surface area contributed by atoms with Crippen LogP contribution in [0.2, 0.25) is 0 Å². The molecule has 2 aromatic carbocycles. The Kier molecular flexibility index (Phi) is 5.37. The molecule has 7 nitrogen and oxygen atoms in total. The molecule has 0 bridgehead atoms. The van der Waals surface area contributed by atoms with Crippen LogP contribution >= 0.6 is 0 Å². The highest BCUT2D eigenvalue weighted by Crippen LogP contribution is 2.52. The van der Waals surface area contributed by atoms with Gasteiger partial charge in [0.2, 0.25) is 5.76 Å². The lowest BCUT2D eigenvalue weighted by Crippen LogP contribution is -2.53. The summed E-state index contributed by atoms with van der Waals surface area (Å²) in [5.41, 5.74) is -0.291. The standard InChI is InChI=1S/C27H26N2O5/c1-4-14-28-20-12-7-6-11-19(20)27(26(28)32)22-23(30)18-10-5-8-13-21(18)34-24(22)25(31)29(27)15-9-16-33-17(2)3/h4-8,10-13,17H,1,9,14-16H2,2-3H3/t27-/m1/s1. The summed E-state index contributed by atoms with van der Waals surface area (Å²) in [4.78, 5) is 44.9. The summed E-state index contributed by atoms with van der Waals surface area (Å²) in [6, 6.07) is 14.1. The molecule has 0 fully saturated rings. The zero-order valence-corrected chi connectivity index (χ0v) is 19.2. The van der Waals surface area contributed by atoms with E-state index in [4.69, 9.17) is 9.15 Å². The summed E-state index contributed by atoms with van der Waals surface area (Å²) in [7, 11) is 0. The molecule has 0 aliphatic carbocycles. The third-order valence-corrected chi connectivity index (χ3v) is 6.43. The van der Waals surface area contributed by atoms with E-state index in [-0.39, 0.29) is 41.9 Å². The van der Waals surface area contributed by atoms with Crippen molar-refractivity contribution in [3.63, 3.8) is 0 Å². The fourth-order valence-electron chi connectivity index (χ4n) is 5.09. The van der Waals surface area contributed by atoms with Gasteiger partial charge in [-0.05, 0) is 38.5 Å². The normalized spacial score (nSPS) is 18.9. The lowest BCUT2D eigenvalue weighted by Gasteiger charge is -2.34. The maximum Gasteiger partial charge on any atom is 0.291 e. The molecule has 0 saturated carbocycles. The predicted octanol–water partition coefficient (Wildman–Crippen LogP) is 3.84. The average molecular weight is 459 g/mol. The SMILES string of the molecule is C=CCN1C(=O)[C@@]2(c3ccccc31)c1c(oc3ccccc3c1=O)C(=O)N2CCCOC(C)C. The highest BCUT2D eigenvalue weighted by Gasteiger charge is 2.64. The van der Waals surface area contributed by atoms with Crippen LogP contribution < -0.4 is 10.3 Å². The quantitative estimate of drug-likeness (QED) is 0.397. The van der Waals surface area contributed by atoms with E-state index in [1.54, 1.807) is 35.2 Å². The van der Waals surface area contributed by atoms with Crippen LogP contribution in [0.3, 0.4) is 0 Å². The predicted molar refractivity (Wildman–Crippen MR) is 129 cm³/mol.